The van der Waals surface area contributed by atoms with Gasteiger partial charge in [0.1, 0.15) is 0 Å². The topological polar surface area (TPSA) is 66.9 Å². The van der Waals surface area contributed by atoms with Gasteiger partial charge in [-0.3, -0.25) is 14.4 Å². The fourth-order valence-corrected chi connectivity index (χ4v) is 3.05. The first-order chi connectivity index (χ1) is 11.4. The van der Waals surface area contributed by atoms with Crippen LogP contribution in [0.15, 0.2) is 18.2 Å². The number of methoxy groups -OCH3 is 1. The van der Waals surface area contributed by atoms with Crippen LogP contribution < -0.4 is 0 Å². The molecule has 2 amide bonds. The van der Waals surface area contributed by atoms with Crippen LogP contribution in [0.4, 0.5) is 0 Å². The second-order valence-corrected chi connectivity index (χ2v) is 6.16. The summed E-state index contributed by atoms with van der Waals surface area (Å²) < 4.78 is 4.52. The molecule has 0 unspecified atom stereocenters. The minimum Gasteiger partial charge on any atom is -0.469 e. The fraction of sp³-hybridized carbons (Fsp3) is 0.438. The summed E-state index contributed by atoms with van der Waals surface area (Å²) in [5, 5.41) is 0.619. The van der Waals surface area contributed by atoms with Gasteiger partial charge in [0.15, 0.2) is 0 Å². The lowest BCUT2D eigenvalue weighted by molar-refractivity contribution is -0.143. The van der Waals surface area contributed by atoms with Crippen molar-refractivity contribution in [2.75, 3.05) is 33.3 Å². The minimum absolute atomic E-state index is 0.0592. The van der Waals surface area contributed by atoms with E-state index in [2.05, 4.69) is 4.74 Å². The van der Waals surface area contributed by atoms with Crippen molar-refractivity contribution in [3.8, 4) is 0 Å². The highest BCUT2D eigenvalue weighted by atomic mass is 35.5. The molecule has 0 atom stereocenters. The van der Waals surface area contributed by atoms with Gasteiger partial charge in [0.25, 0.3) is 5.91 Å². The Morgan fingerprint density at radius 3 is 2.08 bits per heavy atom. The van der Waals surface area contributed by atoms with Gasteiger partial charge in [0, 0.05) is 32.6 Å². The van der Waals surface area contributed by atoms with E-state index in [1.807, 2.05) is 0 Å². The molecule has 6 nitrogen and oxygen atoms in total. The van der Waals surface area contributed by atoms with E-state index in [1.54, 1.807) is 28.0 Å². The molecule has 0 N–H and O–H groups in total. The molecule has 1 aromatic carbocycles. The zero-order chi connectivity index (χ0) is 17.7. The highest BCUT2D eigenvalue weighted by Gasteiger charge is 2.27. The van der Waals surface area contributed by atoms with Crippen molar-refractivity contribution in [1.29, 1.82) is 0 Å². The van der Waals surface area contributed by atoms with Gasteiger partial charge in [0.2, 0.25) is 5.91 Å². The molecule has 1 fully saturated rings. The Bertz CT molecular complexity index is 623. The van der Waals surface area contributed by atoms with Crippen LogP contribution in [0.5, 0.6) is 0 Å². The molecule has 1 saturated heterocycles. The number of esters is 1. The molecule has 2 rings (SSSR count). The van der Waals surface area contributed by atoms with E-state index in [4.69, 9.17) is 23.2 Å². The number of amides is 2. The minimum atomic E-state index is -0.412. The van der Waals surface area contributed by atoms with E-state index < -0.39 is 5.97 Å². The van der Waals surface area contributed by atoms with Gasteiger partial charge < -0.3 is 14.5 Å². The maximum absolute atomic E-state index is 12.6. The standard InChI is InChI=1S/C16H18Cl2N2O4/c1-24-14(22)6-5-13(21)19-7-9-20(10-8-19)16(23)15-11(17)3-2-4-12(15)18/h2-4H,5-10H2,1H3. The van der Waals surface area contributed by atoms with Gasteiger partial charge >= 0.3 is 5.97 Å². The summed E-state index contributed by atoms with van der Waals surface area (Å²) in [6.45, 7) is 1.61. The van der Waals surface area contributed by atoms with Crippen LogP contribution in [0.3, 0.4) is 0 Å². The molecule has 1 aromatic rings. The maximum atomic E-state index is 12.6. The lowest BCUT2D eigenvalue weighted by Crippen LogP contribution is -2.50. The lowest BCUT2D eigenvalue weighted by atomic mass is 10.1. The number of halogens is 2. The first-order valence-electron chi connectivity index (χ1n) is 7.52. The SMILES string of the molecule is COC(=O)CCC(=O)N1CCN(C(=O)c2c(Cl)cccc2Cl)CC1. The maximum Gasteiger partial charge on any atom is 0.306 e. The number of nitrogens with zero attached hydrogens (tertiary/aromatic N) is 2. The third-order valence-corrected chi connectivity index (χ3v) is 4.50. The molecule has 0 bridgehead atoms. The average Bonchev–Trinajstić information content (AvgIpc) is 2.59. The second kappa shape index (κ2) is 8.35. The Balaban J connectivity index is 1.92. The van der Waals surface area contributed by atoms with Gasteiger partial charge in [-0.2, -0.15) is 0 Å². The average molecular weight is 373 g/mol. The van der Waals surface area contributed by atoms with Crippen LogP contribution in [0.2, 0.25) is 10.0 Å². The van der Waals surface area contributed by atoms with Crippen LogP contribution in [-0.4, -0.2) is 60.9 Å². The summed E-state index contributed by atoms with van der Waals surface area (Å²) in [5.74, 6) is -0.777. The lowest BCUT2D eigenvalue weighted by Gasteiger charge is -2.35. The molecule has 1 aliphatic heterocycles. The summed E-state index contributed by atoms with van der Waals surface area (Å²) in [5.41, 5.74) is 0.284. The molecule has 0 spiro atoms. The van der Waals surface area contributed by atoms with Gasteiger partial charge in [-0.15, -0.1) is 0 Å². The van der Waals surface area contributed by atoms with Crippen molar-refractivity contribution >= 4 is 41.0 Å². The van der Waals surface area contributed by atoms with Crippen molar-refractivity contribution in [3.05, 3.63) is 33.8 Å². The molecule has 1 aliphatic rings. The number of ether oxygens (including phenoxy) is 1. The van der Waals surface area contributed by atoms with Crippen molar-refractivity contribution in [2.45, 2.75) is 12.8 Å². The van der Waals surface area contributed by atoms with Crippen LogP contribution >= 0.6 is 23.2 Å². The zero-order valence-corrected chi connectivity index (χ0v) is 14.8. The number of rotatable bonds is 4. The van der Waals surface area contributed by atoms with Crippen LogP contribution in [0, 0.1) is 0 Å². The molecule has 1 heterocycles. The molecule has 24 heavy (non-hydrogen) atoms. The van der Waals surface area contributed by atoms with E-state index >= 15 is 0 Å². The van der Waals surface area contributed by atoms with Gasteiger partial charge in [-0.1, -0.05) is 29.3 Å². The number of piperazine rings is 1. The van der Waals surface area contributed by atoms with Crippen molar-refractivity contribution in [3.63, 3.8) is 0 Å². The third kappa shape index (κ3) is 4.39. The number of carbonyl (C=O) groups excluding carboxylic acids is 3. The van der Waals surface area contributed by atoms with Crippen molar-refractivity contribution in [2.24, 2.45) is 0 Å². The molecular weight excluding hydrogens is 355 g/mol. The Kier molecular flexibility index (Phi) is 6.45. The largest absolute Gasteiger partial charge is 0.469 e. The summed E-state index contributed by atoms with van der Waals surface area (Å²) in [6, 6.07) is 4.92. The Hall–Kier alpha value is -1.79. The highest BCUT2D eigenvalue weighted by Crippen LogP contribution is 2.26. The monoisotopic (exact) mass is 372 g/mol. The van der Waals surface area contributed by atoms with E-state index in [1.165, 1.54) is 7.11 Å². The highest BCUT2D eigenvalue weighted by molar-refractivity contribution is 6.39. The van der Waals surface area contributed by atoms with E-state index in [-0.39, 0.29) is 30.2 Å². The summed E-state index contributed by atoms with van der Waals surface area (Å²) in [4.78, 5) is 39.0. The summed E-state index contributed by atoms with van der Waals surface area (Å²) in [6.07, 6.45) is 0.167. The first kappa shape index (κ1) is 18.5. The van der Waals surface area contributed by atoms with Crippen molar-refractivity contribution in [1.82, 2.24) is 9.80 Å². The van der Waals surface area contributed by atoms with Crippen LogP contribution in [0.1, 0.15) is 23.2 Å². The number of benzene rings is 1. The van der Waals surface area contributed by atoms with E-state index in [0.29, 0.717) is 36.2 Å². The Labute approximate surface area is 150 Å². The molecule has 0 saturated carbocycles. The van der Waals surface area contributed by atoms with Gasteiger partial charge in [0.05, 0.1) is 29.1 Å². The molecule has 0 aliphatic carbocycles. The molecule has 8 heteroatoms. The molecule has 0 radical (unpaired) electrons. The number of hydrogen-bond acceptors (Lipinski definition) is 4. The normalized spacial score (nSPS) is 14.5. The van der Waals surface area contributed by atoms with Crippen LogP contribution in [-0.2, 0) is 14.3 Å². The predicted octanol–water partition coefficient (Wildman–Crippen LogP) is 2.23. The molecular formula is C16H18Cl2N2O4. The summed E-state index contributed by atoms with van der Waals surface area (Å²) >= 11 is 12.1. The summed E-state index contributed by atoms with van der Waals surface area (Å²) in [7, 11) is 1.29. The Morgan fingerprint density at radius 1 is 1.00 bits per heavy atom. The number of carbonyl (C=O) groups is 3. The second-order valence-electron chi connectivity index (χ2n) is 5.35. The van der Waals surface area contributed by atoms with Gasteiger partial charge in [-0.05, 0) is 12.1 Å². The predicted molar refractivity (Wildman–Crippen MR) is 90.2 cm³/mol. The smallest absolute Gasteiger partial charge is 0.306 e. The first-order valence-corrected chi connectivity index (χ1v) is 8.27. The molecule has 0 aromatic heterocycles. The Morgan fingerprint density at radius 2 is 1.54 bits per heavy atom. The van der Waals surface area contributed by atoms with Gasteiger partial charge in [-0.25, -0.2) is 0 Å². The third-order valence-electron chi connectivity index (χ3n) is 3.87. The molecule has 130 valence electrons. The quantitative estimate of drug-likeness (QED) is 0.760. The van der Waals surface area contributed by atoms with E-state index in [9.17, 15) is 14.4 Å². The van der Waals surface area contributed by atoms with E-state index in [0.717, 1.165) is 0 Å². The van der Waals surface area contributed by atoms with Crippen molar-refractivity contribution < 1.29 is 19.1 Å². The zero-order valence-electron chi connectivity index (χ0n) is 13.3. The number of hydrogen-bond donors (Lipinski definition) is 0. The fourth-order valence-electron chi connectivity index (χ4n) is 2.49. The van der Waals surface area contributed by atoms with Crippen LogP contribution in [0.25, 0.3) is 0 Å².